The fourth-order valence-corrected chi connectivity index (χ4v) is 4.88. The standard InChI is InChI=1S/C27H30/c1-3-21-19-25(22-13-7-4-8-14-22)20(2)26(23-15-9-5-10-16-23)27(21)24-17-11-6-12-18-24/h5-6,9-12,15-19,22H,3-4,7-8,13-14H2,1-2H3. The Balaban J connectivity index is 1.99. The molecular weight excluding hydrogens is 324 g/mol. The Hall–Kier alpha value is -2.34. The van der Waals surface area contributed by atoms with Gasteiger partial charge in [-0.15, -0.1) is 0 Å². The van der Waals surface area contributed by atoms with Crippen LogP contribution >= 0.6 is 0 Å². The normalized spacial score (nSPS) is 15.0. The van der Waals surface area contributed by atoms with E-state index in [2.05, 4.69) is 80.6 Å². The molecule has 138 valence electrons. The molecule has 4 rings (SSSR count). The van der Waals surface area contributed by atoms with E-state index in [4.69, 9.17) is 0 Å². The van der Waals surface area contributed by atoms with Crippen molar-refractivity contribution in [2.45, 2.75) is 58.3 Å². The van der Waals surface area contributed by atoms with Crippen LogP contribution in [0.15, 0.2) is 66.7 Å². The minimum absolute atomic E-state index is 0.733. The second kappa shape index (κ2) is 8.13. The van der Waals surface area contributed by atoms with Crippen LogP contribution in [0.1, 0.15) is 61.6 Å². The summed E-state index contributed by atoms with van der Waals surface area (Å²) in [5.41, 5.74) is 10.1. The van der Waals surface area contributed by atoms with Gasteiger partial charge in [-0.3, -0.25) is 0 Å². The van der Waals surface area contributed by atoms with Crippen LogP contribution < -0.4 is 0 Å². The van der Waals surface area contributed by atoms with Crippen LogP contribution in [0.3, 0.4) is 0 Å². The fourth-order valence-electron chi connectivity index (χ4n) is 4.88. The first kappa shape index (κ1) is 18.0. The van der Waals surface area contributed by atoms with Gasteiger partial charge in [0.15, 0.2) is 0 Å². The van der Waals surface area contributed by atoms with Gasteiger partial charge in [0.1, 0.15) is 0 Å². The molecule has 0 radical (unpaired) electrons. The molecule has 0 aromatic heterocycles. The molecule has 3 aromatic rings. The van der Waals surface area contributed by atoms with Crippen LogP contribution in [0.5, 0.6) is 0 Å². The monoisotopic (exact) mass is 354 g/mol. The Morgan fingerprint density at radius 1 is 0.741 bits per heavy atom. The molecule has 1 saturated carbocycles. The summed E-state index contributed by atoms with van der Waals surface area (Å²) in [6.07, 6.45) is 7.94. The topological polar surface area (TPSA) is 0 Å². The van der Waals surface area contributed by atoms with E-state index in [1.807, 2.05) is 0 Å². The van der Waals surface area contributed by atoms with Gasteiger partial charge in [0, 0.05) is 0 Å². The highest BCUT2D eigenvalue weighted by atomic mass is 14.3. The van der Waals surface area contributed by atoms with Gasteiger partial charge < -0.3 is 0 Å². The van der Waals surface area contributed by atoms with Gasteiger partial charge in [-0.05, 0) is 71.0 Å². The van der Waals surface area contributed by atoms with Crippen molar-refractivity contribution in [1.29, 1.82) is 0 Å². The highest BCUT2D eigenvalue weighted by molar-refractivity contribution is 5.88. The maximum absolute atomic E-state index is 2.54. The Morgan fingerprint density at radius 2 is 1.30 bits per heavy atom. The van der Waals surface area contributed by atoms with Crippen LogP contribution in [0.25, 0.3) is 22.3 Å². The summed E-state index contributed by atoms with van der Waals surface area (Å²) in [6.45, 7) is 4.66. The second-order valence-electron chi connectivity index (χ2n) is 7.92. The molecular formula is C27H30. The average molecular weight is 355 g/mol. The number of aryl methyl sites for hydroxylation is 1. The second-order valence-corrected chi connectivity index (χ2v) is 7.92. The third-order valence-electron chi connectivity index (χ3n) is 6.26. The molecule has 0 nitrogen and oxygen atoms in total. The van der Waals surface area contributed by atoms with E-state index in [9.17, 15) is 0 Å². The summed E-state index contributed by atoms with van der Waals surface area (Å²) < 4.78 is 0. The SMILES string of the molecule is CCc1cc(C2CCCCC2)c(C)c(-c2ccccc2)c1-c1ccccc1. The first-order valence-corrected chi connectivity index (χ1v) is 10.6. The van der Waals surface area contributed by atoms with Gasteiger partial charge in [0.25, 0.3) is 0 Å². The van der Waals surface area contributed by atoms with Gasteiger partial charge in [-0.2, -0.15) is 0 Å². The highest BCUT2D eigenvalue weighted by Crippen LogP contribution is 2.44. The zero-order chi connectivity index (χ0) is 18.6. The molecule has 0 bridgehead atoms. The lowest BCUT2D eigenvalue weighted by molar-refractivity contribution is 0.442. The van der Waals surface area contributed by atoms with E-state index >= 15 is 0 Å². The molecule has 27 heavy (non-hydrogen) atoms. The van der Waals surface area contributed by atoms with Gasteiger partial charge in [-0.1, -0.05) is 92.9 Å². The van der Waals surface area contributed by atoms with E-state index in [1.165, 1.54) is 65.5 Å². The van der Waals surface area contributed by atoms with Crippen LogP contribution in [0.4, 0.5) is 0 Å². The Morgan fingerprint density at radius 3 is 1.85 bits per heavy atom. The molecule has 1 aliphatic rings. The van der Waals surface area contributed by atoms with Crippen LogP contribution in [0, 0.1) is 6.92 Å². The number of benzene rings is 3. The summed E-state index contributed by atoms with van der Waals surface area (Å²) in [7, 11) is 0. The Labute approximate surface area is 164 Å². The van der Waals surface area contributed by atoms with E-state index in [0.717, 1.165) is 12.3 Å². The number of rotatable bonds is 4. The third-order valence-corrected chi connectivity index (χ3v) is 6.26. The molecule has 0 heteroatoms. The van der Waals surface area contributed by atoms with Crippen LogP contribution in [-0.2, 0) is 6.42 Å². The van der Waals surface area contributed by atoms with Crippen molar-refractivity contribution in [3.05, 3.63) is 83.4 Å². The molecule has 0 N–H and O–H groups in total. The molecule has 0 unspecified atom stereocenters. The molecule has 1 aliphatic carbocycles. The van der Waals surface area contributed by atoms with Crippen LogP contribution in [0.2, 0.25) is 0 Å². The van der Waals surface area contributed by atoms with Gasteiger partial charge in [0.2, 0.25) is 0 Å². The molecule has 0 saturated heterocycles. The van der Waals surface area contributed by atoms with E-state index in [1.54, 1.807) is 5.56 Å². The smallest absolute Gasteiger partial charge is 0.00705 e. The maximum Gasteiger partial charge on any atom is -0.00705 e. The zero-order valence-electron chi connectivity index (χ0n) is 16.7. The predicted molar refractivity (Wildman–Crippen MR) is 117 cm³/mol. The Bertz CT molecular complexity index is 884. The summed E-state index contributed by atoms with van der Waals surface area (Å²) in [4.78, 5) is 0. The molecule has 0 spiro atoms. The average Bonchev–Trinajstić information content (AvgIpc) is 2.75. The van der Waals surface area contributed by atoms with Crippen molar-refractivity contribution in [2.24, 2.45) is 0 Å². The fraction of sp³-hybridized carbons (Fsp3) is 0.333. The van der Waals surface area contributed by atoms with Crippen molar-refractivity contribution < 1.29 is 0 Å². The van der Waals surface area contributed by atoms with Crippen molar-refractivity contribution in [3.8, 4) is 22.3 Å². The van der Waals surface area contributed by atoms with Gasteiger partial charge in [-0.25, -0.2) is 0 Å². The molecule has 3 aromatic carbocycles. The number of hydrogen-bond donors (Lipinski definition) is 0. The van der Waals surface area contributed by atoms with Crippen molar-refractivity contribution in [1.82, 2.24) is 0 Å². The molecule has 0 amide bonds. The van der Waals surface area contributed by atoms with E-state index < -0.39 is 0 Å². The van der Waals surface area contributed by atoms with Crippen molar-refractivity contribution >= 4 is 0 Å². The lowest BCUT2D eigenvalue weighted by Crippen LogP contribution is -2.09. The minimum Gasteiger partial charge on any atom is -0.0622 e. The minimum atomic E-state index is 0.733. The van der Waals surface area contributed by atoms with Crippen LogP contribution in [-0.4, -0.2) is 0 Å². The summed E-state index contributed by atoms with van der Waals surface area (Å²) >= 11 is 0. The first-order valence-electron chi connectivity index (χ1n) is 10.6. The van der Waals surface area contributed by atoms with Crippen molar-refractivity contribution in [3.63, 3.8) is 0 Å². The lowest BCUT2D eigenvalue weighted by atomic mass is 9.77. The van der Waals surface area contributed by atoms with Gasteiger partial charge >= 0.3 is 0 Å². The van der Waals surface area contributed by atoms with E-state index in [0.29, 0.717) is 0 Å². The summed E-state index contributed by atoms with van der Waals surface area (Å²) in [5, 5.41) is 0. The molecule has 0 aliphatic heterocycles. The molecule has 0 atom stereocenters. The Kier molecular flexibility index (Phi) is 5.43. The van der Waals surface area contributed by atoms with Gasteiger partial charge in [0.05, 0.1) is 0 Å². The zero-order valence-corrected chi connectivity index (χ0v) is 16.7. The molecule has 0 heterocycles. The highest BCUT2D eigenvalue weighted by Gasteiger charge is 2.23. The lowest BCUT2D eigenvalue weighted by Gasteiger charge is -2.28. The number of hydrogen-bond acceptors (Lipinski definition) is 0. The summed E-state index contributed by atoms with van der Waals surface area (Å²) in [6, 6.07) is 24.5. The van der Waals surface area contributed by atoms with E-state index in [-0.39, 0.29) is 0 Å². The quantitative estimate of drug-likeness (QED) is 0.446. The third kappa shape index (κ3) is 3.58. The van der Waals surface area contributed by atoms with Crippen molar-refractivity contribution in [2.75, 3.05) is 0 Å². The largest absolute Gasteiger partial charge is 0.0622 e. The molecule has 1 fully saturated rings. The predicted octanol–water partition coefficient (Wildman–Crippen LogP) is 7.94. The summed E-state index contributed by atoms with van der Waals surface area (Å²) in [5.74, 6) is 0.733. The maximum atomic E-state index is 2.54. The first-order chi connectivity index (χ1) is 13.3.